The summed E-state index contributed by atoms with van der Waals surface area (Å²) in [6.45, 7) is 0.927. The van der Waals surface area contributed by atoms with E-state index in [2.05, 4.69) is 10.3 Å². The first-order chi connectivity index (χ1) is 8.24. The summed E-state index contributed by atoms with van der Waals surface area (Å²) in [5.41, 5.74) is 0.933. The highest BCUT2D eigenvalue weighted by Gasteiger charge is 2.21. The van der Waals surface area contributed by atoms with Gasteiger partial charge in [0, 0.05) is 24.1 Å². The lowest BCUT2D eigenvalue weighted by atomic mass is 10.3. The number of benzene rings is 1. The van der Waals surface area contributed by atoms with Gasteiger partial charge in [-0.3, -0.25) is 0 Å². The molecule has 3 nitrogen and oxygen atoms in total. The summed E-state index contributed by atoms with van der Waals surface area (Å²) in [5.74, 6) is 2.19. The van der Waals surface area contributed by atoms with Crippen molar-refractivity contribution in [2.75, 3.05) is 18.1 Å². The molecule has 1 unspecified atom stereocenters. The number of halogens is 2. The molecule has 1 aromatic carbocycles. The van der Waals surface area contributed by atoms with Crippen molar-refractivity contribution in [2.45, 2.75) is 6.04 Å². The number of hydrogen-bond acceptors (Lipinski definition) is 4. The summed E-state index contributed by atoms with van der Waals surface area (Å²) in [6.07, 6.45) is 0. The largest absolute Gasteiger partial charge is 0.437 e. The van der Waals surface area contributed by atoms with Crippen LogP contribution in [-0.4, -0.2) is 23.0 Å². The van der Waals surface area contributed by atoms with E-state index in [1.807, 2.05) is 11.8 Å². The van der Waals surface area contributed by atoms with E-state index in [-0.39, 0.29) is 11.1 Å². The molecule has 1 aliphatic rings. The lowest BCUT2D eigenvalue weighted by Gasteiger charge is -2.19. The molecule has 0 aliphatic carbocycles. The van der Waals surface area contributed by atoms with Crippen LogP contribution in [0.25, 0.3) is 11.1 Å². The van der Waals surface area contributed by atoms with E-state index in [0.717, 1.165) is 18.1 Å². The van der Waals surface area contributed by atoms with Crippen LogP contribution in [0.4, 0.5) is 4.39 Å². The zero-order chi connectivity index (χ0) is 11.8. The number of thioether (sulfide) groups is 1. The Labute approximate surface area is 107 Å². The fourth-order valence-corrected chi connectivity index (χ4v) is 3.01. The van der Waals surface area contributed by atoms with Crippen LogP contribution >= 0.6 is 23.4 Å². The molecule has 1 saturated heterocycles. The zero-order valence-corrected chi connectivity index (χ0v) is 10.4. The van der Waals surface area contributed by atoms with Crippen LogP contribution in [0, 0.1) is 5.82 Å². The molecule has 0 radical (unpaired) electrons. The average molecular weight is 273 g/mol. The molecule has 17 heavy (non-hydrogen) atoms. The van der Waals surface area contributed by atoms with Crippen LogP contribution in [0.2, 0.25) is 5.02 Å². The predicted octanol–water partition coefficient (Wildman–Crippen LogP) is 3.00. The first-order valence-corrected chi connectivity index (χ1v) is 6.84. The number of nitrogens with zero attached hydrogens (tertiary/aromatic N) is 1. The fourth-order valence-electron chi connectivity index (χ4n) is 1.85. The maximum atomic E-state index is 13.2. The number of aromatic nitrogens is 1. The third kappa shape index (κ3) is 2.14. The van der Waals surface area contributed by atoms with Gasteiger partial charge in [0.05, 0.1) is 11.1 Å². The van der Waals surface area contributed by atoms with Crippen molar-refractivity contribution in [2.24, 2.45) is 0 Å². The van der Waals surface area contributed by atoms with E-state index >= 15 is 0 Å². The van der Waals surface area contributed by atoms with Gasteiger partial charge in [-0.25, -0.2) is 9.37 Å². The average Bonchev–Trinajstić information content (AvgIpc) is 2.74. The first kappa shape index (κ1) is 11.3. The monoisotopic (exact) mass is 272 g/mol. The Hall–Kier alpha value is -0.780. The number of fused-ring (bicyclic) bond motifs is 1. The molecule has 6 heteroatoms. The minimum atomic E-state index is -0.395. The highest BCUT2D eigenvalue weighted by Crippen LogP contribution is 2.29. The second kappa shape index (κ2) is 4.48. The molecular weight excluding hydrogens is 263 g/mol. The summed E-state index contributed by atoms with van der Waals surface area (Å²) in [6, 6.07) is 2.66. The Morgan fingerprint density at radius 3 is 3.18 bits per heavy atom. The molecule has 1 fully saturated rings. The molecular formula is C11H10ClFN2OS. The number of oxazole rings is 1. The van der Waals surface area contributed by atoms with Crippen LogP contribution in [0.3, 0.4) is 0 Å². The van der Waals surface area contributed by atoms with E-state index in [9.17, 15) is 4.39 Å². The second-order valence-electron chi connectivity index (χ2n) is 3.87. The van der Waals surface area contributed by atoms with Crippen molar-refractivity contribution in [1.82, 2.24) is 10.3 Å². The van der Waals surface area contributed by atoms with E-state index < -0.39 is 5.82 Å². The van der Waals surface area contributed by atoms with Crippen molar-refractivity contribution >= 4 is 34.5 Å². The maximum absolute atomic E-state index is 13.2. The Bertz CT molecular complexity index is 554. The van der Waals surface area contributed by atoms with Crippen LogP contribution in [0.1, 0.15) is 11.9 Å². The lowest BCUT2D eigenvalue weighted by Crippen LogP contribution is -2.30. The van der Waals surface area contributed by atoms with Gasteiger partial charge in [0.2, 0.25) is 5.89 Å². The first-order valence-electron chi connectivity index (χ1n) is 5.30. The number of rotatable bonds is 1. The number of hydrogen-bond donors (Lipinski definition) is 1. The van der Waals surface area contributed by atoms with Crippen LogP contribution in [-0.2, 0) is 0 Å². The molecule has 1 aliphatic heterocycles. The van der Waals surface area contributed by atoms with Crippen molar-refractivity contribution in [1.29, 1.82) is 0 Å². The molecule has 0 bridgehead atoms. The molecule has 1 atom stereocenters. The lowest BCUT2D eigenvalue weighted by molar-refractivity contribution is 0.441. The van der Waals surface area contributed by atoms with Crippen LogP contribution in [0.5, 0.6) is 0 Å². The second-order valence-corrected chi connectivity index (χ2v) is 5.43. The summed E-state index contributed by atoms with van der Waals surface area (Å²) in [7, 11) is 0. The van der Waals surface area contributed by atoms with Gasteiger partial charge in [0.1, 0.15) is 11.3 Å². The van der Waals surface area contributed by atoms with E-state index in [1.165, 1.54) is 12.1 Å². The van der Waals surface area contributed by atoms with Crippen LogP contribution < -0.4 is 5.32 Å². The predicted molar refractivity (Wildman–Crippen MR) is 67.0 cm³/mol. The quantitative estimate of drug-likeness (QED) is 0.866. The zero-order valence-electron chi connectivity index (χ0n) is 8.87. The fraction of sp³-hybridized carbons (Fsp3) is 0.364. The molecule has 1 N–H and O–H groups in total. The third-order valence-corrected chi connectivity index (χ3v) is 3.99. The van der Waals surface area contributed by atoms with Gasteiger partial charge in [-0.2, -0.15) is 11.8 Å². The van der Waals surface area contributed by atoms with Gasteiger partial charge in [0.15, 0.2) is 5.58 Å². The molecule has 1 aromatic heterocycles. The molecule has 0 amide bonds. The molecule has 90 valence electrons. The van der Waals surface area contributed by atoms with Crippen LogP contribution in [0.15, 0.2) is 16.5 Å². The molecule has 0 spiro atoms. The van der Waals surface area contributed by atoms with Gasteiger partial charge >= 0.3 is 0 Å². The molecule has 3 rings (SSSR count). The van der Waals surface area contributed by atoms with E-state index in [4.69, 9.17) is 16.0 Å². The van der Waals surface area contributed by atoms with E-state index in [0.29, 0.717) is 17.0 Å². The van der Waals surface area contributed by atoms with Gasteiger partial charge in [-0.15, -0.1) is 0 Å². The third-order valence-electron chi connectivity index (χ3n) is 2.65. The summed E-state index contributed by atoms with van der Waals surface area (Å²) >= 11 is 7.76. The van der Waals surface area contributed by atoms with Gasteiger partial charge in [0.25, 0.3) is 0 Å². The Balaban J connectivity index is 2.03. The summed E-state index contributed by atoms with van der Waals surface area (Å²) < 4.78 is 18.8. The standard InChI is InChI=1S/C11H10ClFN2OS/c12-7-3-6(13)4-8-10(7)16-11(15-8)9-5-17-2-1-14-9/h3-4,9,14H,1-2,5H2. The SMILES string of the molecule is Fc1cc(Cl)c2oc(C3CSCCN3)nc2c1. The maximum Gasteiger partial charge on any atom is 0.213 e. The molecule has 0 saturated carbocycles. The minimum Gasteiger partial charge on any atom is -0.437 e. The highest BCUT2D eigenvalue weighted by molar-refractivity contribution is 7.99. The molecule has 2 aromatic rings. The summed E-state index contributed by atoms with van der Waals surface area (Å²) in [5, 5.41) is 3.58. The van der Waals surface area contributed by atoms with Crippen molar-refractivity contribution in [3.05, 3.63) is 28.9 Å². The van der Waals surface area contributed by atoms with Gasteiger partial charge < -0.3 is 9.73 Å². The van der Waals surface area contributed by atoms with Crippen molar-refractivity contribution in [3.63, 3.8) is 0 Å². The topological polar surface area (TPSA) is 38.1 Å². The number of nitrogens with one attached hydrogen (secondary N) is 1. The summed E-state index contributed by atoms with van der Waals surface area (Å²) in [4.78, 5) is 4.29. The highest BCUT2D eigenvalue weighted by atomic mass is 35.5. The van der Waals surface area contributed by atoms with Crippen molar-refractivity contribution < 1.29 is 8.81 Å². The van der Waals surface area contributed by atoms with Crippen molar-refractivity contribution in [3.8, 4) is 0 Å². The Kier molecular flexibility index (Phi) is 2.98. The van der Waals surface area contributed by atoms with Gasteiger partial charge in [-0.05, 0) is 6.07 Å². The normalized spacial score (nSPS) is 20.9. The molecule has 2 heterocycles. The smallest absolute Gasteiger partial charge is 0.213 e. The van der Waals surface area contributed by atoms with E-state index in [1.54, 1.807) is 0 Å². The van der Waals surface area contributed by atoms with Gasteiger partial charge in [-0.1, -0.05) is 11.6 Å². The Morgan fingerprint density at radius 2 is 2.41 bits per heavy atom. The Morgan fingerprint density at radius 1 is 1.53 bits per heavy atom. The minimum absolute atomic E-state index is 0.0836.